The smallest absolute Gasteiger partial charge is 0.291 e. The number of carbonyl (C=O) groups is 1. The van der Waals surface area contributed by atoms with E-state index in [1.54, 1.807) is 17.2 Å². The van der Waals surface area contributed by atoms with E-state index in [0.717, 1.165) is 17.1 Å². The summed E-state index contributed by atoms with van der Waals surface area (Å²) in [5, 5.41) is 9.42. The molecule has 1 fully saturated rings. The molecule has 4 heterocycles. The minimum absolute atomic E-state index is 0.138. The number of fused-ring (bicyclic) bond motifs is 1. The van der Waals surface area contributed by atoms with Crippen molar-refractivity contribution in [3.8, 4) is 23.4 Å². The van der Waals surface area contributed by atoms with E-state index in [-0.39, 0.29) is 23.7 Å². The van der Waals surface area contributed by atoms with Crippen molar-refractivity contribution in [2.75, 3.05) is 38.3 Å². The lowest BCUT2D eigenvalue weighted by molar-refractivity contribution is 0.0741. The first-order valence-electron chi connectivity index (χ1n) is 10.5. The van der Waals surface area contributed by atoms with Crippen molar-refractivity contribution in [3.05, 3.63) is 54.4 Å². The topological polar surface area (TPSA) is 114 Å². The van der Waals surface area contributed by atoms with Crippen molar-refractivity contribution in [2.45, 2.75) is 12.5 Å². The van der Waals surface area contributed by atoms with Gasteiger partial charge in [0.05, 0.1) is 44.0 Å². The zero-order chi connectivity index (χ0) is 22.8. The van der Waals surface area contributed by atoms with Gasteiger partial charge in [-0.05, 0) is 18.2 Å². The van der Waals surface area contributed by atoms with Crippen LogP contribution in [0.3, 0.4) is 0 Å². The lowest BCUT2D eigenvalue weighted by atomic mass is 10.2. The predicted molar refractivity (Wildman–Crippen MR) is 116 cm³/mol. The molecule has 5 rings (SSSR count). The molecule has 2 aliphatic heterocycles. The van der Waals surface area contributed by atoms with Gasteiger partial charge in [-0.25, -0.2) is 9.97 Å². The molecule has 3 aromatic rings. The molecule has 0 radical (unpaired) electrons. The highest BCUT2D eigenvalue weighted by Gasteiger charge is 2.30. The van der Waals surface area contributed by atoms with Crippen molar-refractivity contribution < 1.29 is 23.4 Å². The normalized spacial score (nSPS) is 17.2. The first-order chi connectivity index (χ1) is 16.2. The molecule has 168 valence electrons. The molecule has 2 aliphatic rings. The SMILES string of the molecule is COc1ncc(N2CCOc3ccc(O[C@H]4CCN(C(=O)c5cnco5)C4)cc32)cc1C#N. The first kappa shape index (κ1) is 20.6. The summed E-state index contributed by atoms with van der Waals surface area (Å²) >= 11 is 0. The van der Waals surface area contributed by atoms with Gasteiger partial charge in [0, 0.05) is 19.0 Å². The number of pyridine rings is 1. The van der Waals surface area contributed by atoms with Crippen LogP contribution in [0.25, 0.3) is 0 Å². The Morgan fingerprint density at radius 2 is 2.18 bits per heavy atom. The number of ether oxygens (including phenoxy) is 3. The Morgan fingerprint density at radius 3 is 2.97 bits per heavy atom. The number of anilines is 2. The molecule has 0 aliphatic carbocycles. The largest absolute Gasteiger partial charge is 0.490 e. The van der Waals surface area contributed by atoms with Crippen LogP contribution in [-0.2, 0) is 0 Å². The average Bonchev–Trinajstić information content (AvgIpc) is 3.55. The molecule has 1 atom stereocenters. The van der Waals surface area contributed by atoms with Crippen LogP contribution in [-0.4, -0.2) is 60.2 Å². The molecule has 0 spiro atoms. The molecule has 0 unspecified atom stereocenters. The van der Waals surface area contributed by atoms with Crippen LogP contribution < -0.4 is 19.1 Å². The third kappa shape index (κ3) is 4.01. The van der Waals surface area contributed by atoms with E-state index in [9.17, 15) is 10.1 Å². The van der Waals surface area contributed by atoms with E-state index in [1.165, 1.54) is 19.7 Å². The molecule has 0 N–H and O–H groups in total. The van der Waals surface area contributed by atoms with Crippen molar-refractivity contribution in [1.29, 1.82) is 5.26 Å². The number of likely N-dealkylation sites (tertiary alicyclic amines) is 1. The number of methoxy groups -OCH3 is 1. The molecule has 2 aromatic heterocycles. The van der Waals surface area contributed by atoms with Gasteiger partial charge >= 0.3 is 0 Å². The second kappa shape index (κ2) is 8.70. The highest BCUT2D eigenvalue weighted by molar-refractivity contribution is 5.91. The molecule has 1 saturated heterocycles. The summed E-state index contributed by atoms with van der Waals surface area (Å²) in [7, 11) is 1.49. The van der Waals surface area contributed by atoms with Crippen LogP contribution in [0.1, 0.15) is 22.5 Å². The number of hydrogen-bond donors (Lipinski definition) is 0. The summed E-state index contributed by atoms with van der Waals surface area (Å²) < 4.78 is 22.3. The predicted octanol–water partition coefficient (Wildman–Crippen LogP) is 2.77. The van der Waals surface area contributed by atoms with Gasteiger partial charge in [-0.2, -0.15) is 5.26 Å². The summed E-state index contributed by atoms with van der Waals surface area (Å²) in [4.78, 5) is 24.3. The molecule has 33 heavy (non-hydrogen) atoms. The summed E-state index contributed by atoms with van der Waals surface area (Å²) in [6.07, 6.45) is 4.91. The summed E-state index contributed by atoms with van der Waals surface area (Å²) in [5.41, 5.74) is 1.94. The number of amides is 1. The average molecular weight is 447 g/mol. The van der Waals surface area contributed by atoms with Gasteiger partial charge < -0.3 is 28.4 Å². The first-order valence-corrected chi connectivity index (χ1v) is 10.5. The molecule has 0 saturated carbocycles. The third-order valence-corrected chi connectivity index (χ3v) is 5.63. The van der Waals surface area contributed by atoms with E-state index < -0.39 is 0 Å². The van der Waals surface area contributed by atoms with Crippen LogP contribution in [0, 0.1) is 11.3 Å². The molecular formula is C23H21N5O5. The van der Waals surface area contributed by atoms with Crippen LogP contribution >= 0.6 is 0 Å². The van der Waals surface area contributed by atoms with Gasteiger partial charge in [-0.1, -0.05) is 0 Å². The summed E-state index contributed by atoms with van der Waals surface area (Å²) in [6, 6.07) is 9.50. The van der Waals surface area contributed by atoms with Crippen molar-refractivity contribution in [3.63, 3.8) is 0 Å². The zero-order valence-electron chi connectivity index (χ0n) is 17.9. The fourth-order valence-electron chi connectivity index (χ4n) is 4.05. The van der Waals surface area contributed by atoms with Gasteiger partial charge in [0.2, 0.25) is 11.6 Å². The van der Waals surface area contributed by atoms with E-state index in [4.69, 9.17) is 18.6 Å². The van der Waals surface area contributed by atoms with E-state index >= 15 is 0 Å². The van der Waals surface area contributed by atoms with Crippen LogP contribution in [0.4, 0.5) is 11.4 Å². The number of carbonyl (C=O) groups excluding carboxylic acids is 1. The van der Waals surface area contributed by atoms with Gasteiger partial charge in [0.15, 0.2) is 6.39 Å². The Kier molecular flexibility index (Phi) is 5.44. The number of aromatic nitrogens is 2. The van der Waals surface area contributed by atoms with Crippen molar-refractivity contribution >= 4 is 17.3 Å². The van der Waals surface area contributed by atoms with Crippen molar-refractivity contribution in [2.24, 2.45) is 0 Å². The molecule has 1 amide bonds. The lowest BCUT2D eigenvalue weighted by Crippen LogP contribution is -2.31. The monoisotopic (exact) mass is 447 g/mol. The molecule has 0 bridgehead atoms. The highest BCUT2D eigenvalue weighted by Crippen LogP contribution is 2.40. The maximum Gasteiger partial charge on any atom is 0.291 e. The van der Waals surface area contributed by atoms with E-state index in [2.05, 4.69) is 16.0 Å². The Morgan fingerprint density at radius 1 is 1.27 bits per heavy atom. The highest BCUT2D eigenvalue weighted by atomic mass is 16.5. The maximum atomic E-state index is 12.5. The summed E-state index contributed by atoms with van der Waals surface area (Å²) in [5.74, 6) is 1.71. The van der Waals surface area contributed by atoms with Gasteiger partial charge in [-0.15, -0.1) is 0 Å². The third-order valence-electron chi connectivity index (χ3n) is 5.63. The molecule has 10 heteroatoms. The fraction of sp³-hybridized carbons (Fsp3) is 0.304. The second-order valence-electron chi connectivity index (χ2n) is 7.64. The van der Waals surface area contributed by atoms with E-state index in [1.807, 2.05) is 23.1 Å². The number of benzene rings is 1. The minimum Gasteiger partial charge on any atom is -0.490 e. The fourth-order valence-corrected chi connectivity index (χ4v) is 4.05. The minimum atomic E-state index is -0.191. The van der Waals surface area contributed by atoms with E-state index in [0.29, 0.717) is 44.0 Å². The van der Waals surface area contributed by atoms with Gasteiger partial charge in [0.1, 0.15) is 35.8 Å². The van der Waals surface area contributed by atoms with Gasteiger partial charge in [0.25, 0.3) is 5.91 Å². The molecule has 1 aromatic carbocycles. The zero-order valence-corrected chi connectivity index (χ0v) is 17.9. The maximum absolute atomic E-state index is 12.5. The molecule has 10 nitrogen and oxygen atoms in total. The lowest BCUT2D eigenvalue weighted by Gasteiger charge is -2.31. The van der Waals surface area contributed by atoms with Crippen LogP contribution in [0.15, 0.2) is 47.5 Å². The Balaban J connectivity index is 1.34. The van der Waals surface area contributed by atoms with Crippen LogP contribution in [0.2, 0.25) is 0 Å². The number of nitrogens with zero attached hydrogens (tertiary/aromatic N) is 5. The second-order valence-corrected chi connectivity index (χ2v) is 7.64. The summed E-state index contributed by atoms with van der Waals surface area (Å²) in [6.45, 7) is 2.14. The number of hydrogen-bond acceptors (Lipinski definition) is 9. The molecular weight excluding hydrogens is 426 g/mol. The Hall–Kier alpha value is -4.26. The quantitative estimate of drug-likeness (QED) is 0.582. The van der Waals surface area contributed by atoms with Crippen molar-refractivity contribution in [1.82, 2.24) is 14.9 Å². The standard InChI is InChI=1S/C23H21N5O5/c1-30-22-15(10-24)8-16(11-26-22)28-6-7-31-20-3-2-17(9-19(20)28)33-18-4-5-27(13-18)23(29)21-12-25-14-32-21/h2-3,8-9,11-12,14,18H,4-7,13H2,1H3/t18-/m0/s1. The van der Waals surface area contributed by atoms with Crippen LogP contribution in [0.5, 0.6) is 17.4 Å². The number of rotatable bonds is 5. The Bertz CT molecular complexity index is 1210. The Labute approximate surface area is 189 Å². The number of nitriles is 1. The number of oxazole rings is 1. The van der Waals surface area contributed by atoms with Gasteiger partial charge in [-0.3, -0.25) is 4.79 Å².